The predicted octanol–water partition coefficient (Wildman–Crippen LogP) is 2.55. The van der Waals surface area contributed by atoms with Crippen LogP contribution in [-0.2, 0) is 4.79 Å². The maximum Gasteiger partial charge on any atom is 0.392 e. The van der Waals surface area contributed by atoms with E-state index in [4.69, 9.17) is 5.73 Å². The van der Waals surface area contributed by atoms with Gasteiger partial charge < -0.3 is 10.6 Å². The lowest BCUT2D eigenvalue weighted by Crippen LogP contribution is -2.48. The number of halogens is 3. The maximum atomic E-state index is 13.1. The number of likely N-dealkylation sites (tertiary alicyclic amines) is 1. The van der Waals surface area contributed by atoms with E-state index in [1.54, 1.807) is 4.90 Å². The minimum absolute atomic E-state index is 0.0913. The number of nitrogens with zero attached hydrogens (tertiary/aromatic N) is 1. The van der Waals surface area contributed by atoms with Crippen LogP contribution in [0, 0.1) is 17.8 Å². The average Bonchev–Trinajstić information content (AvgIpc) is 2.45. The quantitative estimate of drug-likeness (QED) is 0.850. The molecule has 0 aromatic rings. The topological polar surface area (TPSA) is 46.3 Å². The summed E-state index contributed by atoms with van der Waals surface area (Å²) in [7, 11) is 0. The molecule has 116 valence electrons. The molecule has 1 saturated heterocycles. The number of hydrogen-bond donors (Lipinski definition) is 1. The van der Waals surface area contributed by atoms with E-state index in [1.807, 2.05) is 0 Å². The SMILES string of the molecule is NCC1CCCN(C(=O)C2CCCCC2C(F)(F)F)C1. The molecule has 3 unspecified atom stereocenters. The molecule has 1 saturated carbocycles. The fraction of sp³-hybridized carbons (Fsp3) is 0.929. The molecular weight excluding hydrogens is 269 g/mol. The maximum absolute atomic E-state index is 13.1. The van der Waals surface area contributed by atoms with Gasteiger partial charge in [0.25, 0.3) is 0 Å². The Bertz CT molecular complexity index is 346. The Morgan fingerprint density at radius 3 is 2.50 bits per heavy atom. The van der Waals surface area contributed by atoms with Gasteiger partial charge in [0.2, 0.25) is 5.91 Å². The first kappa shape index (κ1) is 15.6. The number of hydrogen-bond acceptors (Lipinski definition) is 2. The van der Waals surface area contributed by atoms with Crippen molar-refractivity contribution >= 4 is 5.91 Å². The largest absolute Gasteiger partial charge is 0.392 e. The highest BCUT2D eigenvalue weighted by Crippen LogP contribution is 2.42. The van der Waals surface area contributed by atoms with Crippen molar-refractivity contribution < 1.29 is 18.0 Å². The normalized spacial score (nSPS) is 32.2. The van der Waals surface area contributed by atoms with E-state index < -0.39 is 18.0 Å². The Morgan fingerprint density at radius 2 is 1.85 bits per heavy atom. The number of carbonyl (C=O) groups is 1. The lowest BCUT2D eigenvalue weighted by molar-refractivity contribution is -0.201. The second kappa shape index (κ2) is 6.33. The number of amides is 1. The third-order valence-corrected chi connectivity index (χ3v) is 4.67. The van der Waals surface area contributed by atoms with Crippen LogP contribution in [0.1, 0.15) is 38.5 Å². The summed E-state index contributed by atoms with van der Waals surface area (Å²) in [5.74, 6) is -2.40. The Morgan fingerprint density at radius 1 is 1.15 bits per heavy atom. The van der Waals surface area contributed by atoms with Gasteiger partial charge in [0.15, 0.2) is 0 Å². The third-order valence-electron chi connectivity index (χ3n) is 4.67. The zero-order chi connectivity index (χ0) is 14.8. The summed E-state index contributed by atoms with van der Waals surface area (Å²) >= 11 is 0. The monoisotopic (exact) mass is 292 g/mol. The highest BCUT2D eigenvalue weighted by Gasteiger charge is 2.49. The van der Waals surface area contributed by atoms with Crippen LogP contribution in [0.5, 0.6) is 0 Å². The van der Waals surface area contributed by atoms with Gasteiger partial charge in [-0.2, -0.15) is 13.2 Å². The van der Waals surface area contributed by atoms with E-state index in [1.165, 1.54) is 0 Å². The van der Waals surface area contributed by atoms with E-state index in [9.17, 15) is 18.0 Å². The van der Waals surface area contributed by atoms with Crippen molar-refractivity contribution in [1.82, 2.24) is 4.90 Å². The van der Waals surface area contributed by atoms with Gasteiger partial charge in [-0.1, -0.05) is 12.8 Å². The first-order chi connectivity index (χ1) is 9.43. The number of piperidine rings is 1. The molecule has 1 aliphatic carbocycles. The molecule has 3 nitrogen and oxygen atoms in total. The standard InChI is InChI=1S/C14H23F3N2O/c15-14(16,17)12-6-2-1-5-11(12)13(20)19-7-3-4-10(8-18)9-19/h10-12H,1-9,18H2. The Hall–Kier alpha value is -0.780. The summed E-state index contributed by atoms with van der Waals surface area (Å²) in [5, 5.41) is 0. The molecule has 0 aromatic carbocycles. The zero-order valence-corrected chi connectivity index (χ0v) is 11.7. The molecular formula is C14H23F3N2O. The van der Waals surface area contributed by atoms with Crippen LogP contribution in [0.15, 0.2) is 0 Å². The van der Waals surface area contributed by atoms with Crippen molar-refractivity contribution in [2.75, 3.05) is 19.6 Å². The van der Waals surface area contributed by atoms with Gasteiger partial charge >= 0.3 is 6.18 Å². The number of nitrogens with two attached hydrogens (primary N) is 1. The van der Waals surface area contributed by atoms with Gasteiger partial charge in [0.1, 0.15) is 0 Å². The van der Waals surface area contributed by atoms with Crippen molar-refractivity contribution in [2.24, 2.45) is 23.5 Å². The van der Waals surface area contributed by atoms with Gasteiger partial charge in [-0.05, 0) is 38.1 Å². The number of rotatable bonds is 2. The number of alkyl halides is 3. The summed E-state index contributed by atoms with van der Waals surface area (Å²) in [4.78, 5) is 14.1. The summed E-state index contributed by atoms with van der Waals surface area (Å²) in [5.41, 5.74) is 5.62. The molecule has 0 spiro atoms. The van der Waals surface area contributed by atoms with E-state index in [-0.39, 0.29) is 18.2 Å². The minimum atomic E-state index is -4.26. The summed E-state index contributed by atoms with van der Waals surface area (Å²) < 4.78 is 39.2. The molecule has 1 heterocycles. The molecule has 2 N–H and O–H groups in total. The van der Waals surface area contributed by atoms with Crippen LogP contribution in [-0.4, -0.2) is 36.6 Å². The predicted molar refractivity (Wildman–Crippen MR) is 69.9 cm³/mol. The Balaban J connectivity index is 2.05. The average molecular weight is 292 g/mol. The summed E-state index contributed by atoms with van der Waals surface area (Å²) in [6, 6.07) is 0. The van der Waals surface area contributed by atoms with Crippen LogP contribution >= 0.6 is 0 Å². The molecule has 20 heavy (non-hydrogen) atoms. The highest BCUT2D eigenvalue weighted by molar-refractivity contribution is 5.79. The third kappa shape index (κ3) is 3.45. The zero-order valence-electron chi connectivity index (χ0n) is 11.7. The molecule has 3 atom stereocenters. The van der Waals surface area contributed by atoms with Crippen LogP contribution in [0.25, 0.3) is 0 Å². The Labute approximate surface area is 117 Å². The van der Waals surface area contributed by atoms with Crippen LogP contribution < -0.4 is 5.73 Å². The fourth-order valence-corrected chi connectivity index (χ4v) is 3.51. The Kier molecular flexibility index (Phi) is 4.94. The van der Waals surface area contributed by atoms with E-state index in [0.717, 1.165) is 19.3 Å². The molecule has 6 heteroatoms. The van der Waals surface area contributed by atoms with Gasteiger partial charge in [0.05, 0.1) is 5.92 Å². The molecule has 0 radical (unpaired) electrons. The van der Waals surface area contributed by atoms with Crippen LogP contribution in [0.3, 0.4) is 0 Å². The molecule has 0 aromatic heterocycles. The van der Waals surface area contributed by atoms with E-state index in [2.05, 4.69) is 0 Å². The van der Waals surface area contributed by atoms with Crippen LogP contribution in [0.4, 0.5) is 13.2 Å². The summed E-state index contributed by atoms with van der Waals surface area (Å²) in [6.45, 7) is 1.60. The van der Waals surface area contributed by atoms with Crippen molar-refractivity contribution in [3.05, 3.63) is 0 Å². The lowest BCUT2D eigenvalue weighted by atomic mass is 9.77. The molecule has 2 fully saturated rings. The van der Waals surface area contributed by atoms with Gasteiger partial charge in [-0.25, -0.2) is 0 Å². The molecule has 2 aliphatic rings. The molecule has 0 bridgehead atoms. The van der Waals surface area contributed by atoms with Gasteiger partial charge in [0, 0.05) is 19.0 Å². The number of carbonyl (C=O) groups excluding carboxylic acids is 1. The molecule has 2 rings (SSSR count). The molecule has 1 amide bonds. The smallest absolute Gasteiger partial charge is 0.342 e. The van der Waals surface area contributed by atoms with Gasteiger partial charge in [-0.15, -0.1) is 0 Å². The first-order valence-corrected chi connectivity index (χ1v) is 7.49. The lowest BCUT2D eigenvalue weighted by Gasteiger charge is -2.38. The minimum Gasteiger partial charge on any atom is -0.342 e. The summed E-state index contributed by atoms with van der Waals surface area (Å²) in [6.07, 6.45) is -0.703. The second-order valence-electron chi connectivity index (χ2n) is 6.07. The first-order valence-electron chi connectivity index (χ1n) is 7.49. The van der Waals surface area contributed by atoms with Crippen LogP contribution in [0.2, 0.25) is 0 Å². The second-order valence-corrected chi connectivity index (χ2v) is 6.07. The van der Waals surface area contributed by atoms with Crippen molar-refractivity contribution in [3.63, 3.8) is 0 Å². The van der Waals surface area contributed by atoms with E-state index in [0.29, 0.717) is 32.5 Å². The van der Waals surface area contributed by atoms with Crippen molar-refractivity contribution in [2.45, 2.75) is 44.7 Å². The van der Waals surface area contributed by atoms with Gasteiger partial charge in [-0.3, -0.25) is 4.79 Å². The van der Waals surface area contributed by atoms with Crippen molar-refractivity contribution in [1.29, 1.82) is 0 Å². The molecule has 1 aliphatic heterocycles. The van der Waals surface area contributed by atoms with Crippen molar-refractivity contribution in [3.8, 4) is 0 Å². The fourth-order valence-electron chi connectivity index (χ4n) is 3.51. The van der Waals surface area contributed by atoms with E-state index >= 15 is 0 Å². The highest BCUT2D eigenvalue weighted by atomic mass is 19.4.